The molecule has 4 heteroatoms. The largest absolute Gasteiger partial charge is 3.00 e. The Hall–Kier alpha value is -1.58. The smallest absolute Gasteiger partial charge is 0.267 e. The molecule has 0 amide bonds. The third kappa shape index (κ3) is 3.37. The normalized spacial score (nSPS) is 9.95. The summed E-state index contributed by atoms with van der Waals surface area (Å²) in [5.41, 5.74) is 4.30. The Labute approximate surface area is 148 Å². The number of hydrogen-bond donors (Lipinski definition) is 1. The zero-order chi connectivity index (χ0) is 13.9. The summed E-state index contributed by atoms with van der Waals surface area (Å²) in [7, 11) is 0. The molecule has 0 radical (unpaired) electrons. The Kier molecular flexibility index (Phi) is 5.21. The first-order chi connectivity index (χ1) is 9.75. The number of hydrogen-bond acceptors (Lipinski definition) is 2. The van der Waals surface area contributed by atoms with E-state index in [0.717, 1.165) is 22.3 Å². The second kappa shape index (κ2) is 6.92. The van der Waals surface area contributed by atoms with Crippen LogP contribution in [0.4, 0.5) is 0 Å². The van der Waals surface area contributed by atoms with E-state index < -0.39 is 0 Å². The van der Waals surface area contributed by atoms with E-state index in [1.54, 1.807) is 6.20 Å². The van der Waals surface area contributed by atoms with Gasteiger partial charge in [0.25, 0.3) is 5.56 Å². The van der Waals surface area contributed by atoms with Crippen LogP contribution in [-0.4, -0.2) is 10.2 Å². The molecule has 98 valence electrons. The summed E-state index contributed by atoms with van der Waals surface area (Å²) < 4.78 is 0. The van der Waals surface area contributed by atoms with Gasteiger partial charge in [-0.15, -0.1) is 5.56 Å². The van der Waals surface area contributed by atoms with Crippen LogP contribution in [0.5, 0.6) is 0 Å². The molecule has 21 heavy (non-hydrogen) atoms. The number of H-pyrrole nitrogens is 1. The van der Waals surface area contributed by atoms with Crippen molar-refractivity contribution in [1.29, 1.82) is 0 Å². The van der Waals surface area contributed by atoms with Gasteiger partial charge in [0.2, 0.25) is 0 Å². The van der Waals surface area contributed by atoms with Gasteiger partial charge < -0.3 is 0 Å². The Morgan fingerprint density at radius 1 is 1.00 bits per heavy atom. The van der Waals surface area contributed by atoms with Crippen LogP contribution in [0.15, 0.2) is 59.5 Å². The molecule has 2 aromatic carbocycles. The van der Waals surface area contributed by atoms with Crippen molar-refractivity contribution in [2.75, 3.05) is 0 Å². The van der Waals surface area contributed by atoms with Crippen LogP contribution >= 0.6 is 0 Å². The standard InChI is InChI=1S/C17H13N2O.Y/c1-12-7-9-14(10-8-12)16-15(11-18-19-17(16)20)13-5-3-2-4-6-13;/h3-11H,1H3,(H,19,20);/q-1;+3. The Morgan fingerprint density at radius 2 is 1.67 bits per heavy atom. The van der Waals surface area contributed by atoms with Crippen molar-refractivity contribution in [3.63, 3.8) is 0 Å². The van der Waals surface area contributed by atoms with Crippen LogP contribution in [0.3, 0.4) is 0 Å². The molecule has 3 rings (SSSR count). The zero-order valence-electron chi connectivity index (χ0n) is 11.6. The minimum atomic E-state index is -0.181. The molecule has 3 nitrogen and oxygen atoms in total. The van der Waals surface area contributed by atoms with Crippen molar-refractivity contribution < 1.29 is 32.7 Å². The Balaban J connectivity index is 0.00000161. The van der Waals surface area contributed by atoms with Gasteiger partial charge in [0.1, 0.15) is 0 Å². The predicted molar refractivity (Wildman–Crippen MR) is 79.3 cm³/mol. The summed E-state index contributed by atoms with van der Waals surface area (Å²) in [6.45, 7) is 2.02. The van der Waals surface area contributed by atoms with E-state index in [1.807, 2.05) is 55.5 Å². The van der Waals surface area contributed by atoms with Gasteiger partial charge in [0, 0.05) is 0 Å². The van der Waals surface area contributed by atoms with Crippen LogP contribution < -0.4 is 5.56 Å². The first-order valence-electron chi connectivity index (χ1n) is 6.37. The first kappa shape index (κ1) is 15.8. The molecule has 1 N–H and O–H groups in total. The average molecular weight is 350 g/mol. The number of aromatic nitrogens is 2. The molecule has 0 aliphatic carbocycles. The molecule has 0 saturated heterocycles. The summed E-state index contributed by atoms with van der Waals surface area (Å²) in [6.07, 6.45) is 1.69. The second-order valence-corrected chi connectivity index (χ2v) is 4.64. The van der Waals surface area contributed by atoms with Gasteiger partial charge in [-0.25, -0.2) is 5.10 Å². The molecule has 0 unspecified atom stereocenters. The summed E-state index contributed by atoms with van der Waals surface area (Å²) in [5.74, 6) is 0. The van der Waals surface area contributed by atoms with Crippen molar-refractivity contribution in [3.05, 3.63) is 76.7 Å². The maximum Gasteiger partial charge on any atom is 3.00 e. The summed E-state index contributed by atoms with van der Waals surface area (Å²) in [5, 5.41) is 6.43. The van der Waals surface area contributed by atoms with E-state index >= 15 is 0 Å². The number of rotatable bonds is 2. The summed E-state index contributed by atoms with van der Waals surface area (Å²) >= 11 is 0. The van der Waals surface area contributed by atoms with Gasteiger partial charge >= 0.3 is 32.7 Å². The summed E-state index contributed by atoms with van der Waals surface area (Å²) in [6, 6.07) is 18.4. The van der Waals surface area contributed by atoms with Crippen molar-refractivity contribution in [1.82, 2.24) is 10.2 Å². The minimum Gasteiger partial charge on any atom is -0.267 e. The molecule has 0 aliphatic rings. The average Bonchev–Trinajstić information content (AvgIpc) is 2.49. The molecule has 1 heterocycles. The van der Waals surface area contributed by atoms with Crippen molar-refractivity contribution >= 4 is 0 Å². The van der Waals surface area contributed by atoms with E-state index in [4.69, 9.17) is 0 Å². The van der Waals surface area contributed by atoms with Crippen molar-refractivity contribution in [3.8, 4) is 22.3 Å². The zero-order valence-corrected chi connectivity index (χ0v) is 14.5. The van der Waals surface area contributed by atoms with Gasteiger partial charge in [-0.3, -0.25) is 4.79 Å². The Bertz CT molecular complexity index is 780. The van der Waals surface area contributed by atoms with Gasteiger partial charge in [0.15, 0.2) is 0 Å². The predicted octanol–water partition coefficient (Wildman–Crippen LogP) is 3.21. The fourth-order valence-electron chi connectivity index (χ4n) is 2.19. The first-order valence-corrected chi connectivity index (χ1v) is 6.37. The van der Waals surface area contributed by atoms with Crippen LogP contribution in [0, 0.1) is 13.0 Å². The van der Waals surface area contributed by atoms with Gasteiger partial charge in [-0.05, 0) is 18.1 Å². The van der Waals surface area contributed by atoms with E-state index in [-0.39, 0.29) is 38.3 Å². The molecule has 0 atom stereocenters. The number of aryl methyl sites for hydroxylation is 1. The molecule has 0 spiro atoms. The van der Waals surface area contributed by atoms with Crippen molar-refractivity contribution in [2.45, 2.75) is 6.92 Å². The second-order valence-electron chi connectivity index (χ2n) is 4.64. The topological polar surface area (TPSA) is 45.8 Å². The van der Waals surface area contributed by atoms with Gasteiger partial charge in [-0.2, -0.15) is 35.4 Å². The maximum absolute atomic E-state index is 12.2. The molecule has 0 saturated carbocycles. The number of nitrogens with one attached hydrogen (secondary N) is 1. The van der Waals surface area contributed by atoms with E-state index in [9.17, 15) is 4.79 Å². The van der Waals surface area contributed by atoms with Gasteiger partial charge in [0.05, 0.1) is 11.8 Å². The molecule has 1 aromatic heterocycles. The quantitative estimate of drug-likeness (QED) is 0.722. The van der Waals surface area contributed by atoms with Crippen LogP contribution in [-0.2, 0) is 32.7 Å². The van der Waals surface area contributed by atoms with Crippen LogP contribution in [0.1, 0.15) is 5.56 Å². The SMILES string of the molecule is Cc1ccc(-c2c(-c3cc[c-]cc3)cn[nH]c2=O)cc1.[Y+3]. The molecule has 0 aliphatic heterocycles. The third-order valence-electron chi connectivity index (χ3n) is 3.23. The monoisotopic (exact) mass is 350 g/mol. The van der Waals surface area contributed by atoms with Crippen LogP contribution in [0.2, 0.25) is 0 Å². The number of benzene rings is 2. The summed E-state index contributed by atoms with van der Waals surface area (Å²) in [4.78, 5) is 12.2. The maximum atomic E-state index is 12.2. The molecular formula is C17H13N2OY+2. The fraction of sp³-hybridized carbons (Fsp3) is 0.0588. The fourth-order valence-corrected chi connectivity index (χ4v) is 2.19. The Morgan fingerprint density at radius 3 is 2.33 bits per heavy atom. The van der Waals surface area contributed by atoms with Crippen molar-refractivity contribution in [2.24, 2.45) is 0 Å². The minimum absolute atomic E-state index is 0. The van der Waals surface area contributed by atoms with E-state index in [2.05, 4.69) is 16.3 Å². The number of nitrogens with zero attached hydrogens (tertiary/aromatic N) is 1. The van der Waals surface area contributed by atoms with E-state index in [1.165, 1.54) is 0 Å². The van der Waals surface area contributed by atoms with Gasteiger partial charge in [-0.1, -0.05) is 29.8 Å². The third-order valence-corrected chi connectivity index (χ3v) is 3.23. The van der Waals surface area contributed by atoms with E-state index in [0.29, 0.717) is 5.56 Å². The molecule has 0 fully saturated rings. The van der Waals surface area contributed by atoms with Crippen LogP contribution in [0.25, 0.3) is 22.3 Å². The number of aromatic amines is 1. The molecular weight excluding hydrogens is 337 g/mol. The molecule has 3 aromatic rings. The molecule has 0 bridgehead atoms.